The number of hydrogen-bond acceptors (Lipinski definition) is 5. The smallest absolute Gasteiger partial charge is 0.333 e. The van der Waals surface area contributed by atoms with Crippen molar-refractivity contribution in [3.8, 4) is 0 Å². The molecule has 0 radical (unpaired) electrons. The van der Waals surface area contributed by atoms with E-state index in [0.717, 1.165) is 0 Å². The van der Waals surface area contributed by atoms with Gasteiger partial charge in [-0.05, 0) is 0 Å². The van der Waals surface area contributed by atoms with Gasteiger partial charge in [0, 0.05) is 6.42 Å². The molecule has 0 aromatic rings. The minimum absolute atomic E-state index is 0.0200. The fourth-order valence-corrected chi connectivity index (χ4v) is 1.96. The molecule has 1 aliphatic rings. The summed E-state index contributed by atoms with van der Waals surface area (Å²) < 4.78 is 30.6. The number of rotatable bonds is 3. The lowest BCUT2D eigenvalue weighted by molar-refractivity contribution is -0.189. The van der Waals surface area contributed by atoms with Gasteiger partial charge in [0.25, 0.3) is 16.0 Å². The molecule has 0 spiro atoms. The van der Waals surface area contributed by atoms with Crippen molar-refractivity contribution in [2.45, 2.75) is 25.5 Å². The van der Waals surface area contributed by atoms with Gasteiger partial charge < -0.3 is 4.84 Å². The maximum atomic E-state index is 11.6. The zero-order chi connectivity index (χ0) is 13.4. The largest absolute Gasteiger partial charge is 0.335 e. The van der Waals surface area contributed by atoms with Crippen LogP contribution in [-0.4, -0.2) is 35.2 Å². The molecule has 0 saturated carbocycles. The molecule has 17 heavy (non-hydrogen) atoms. The molecule has 1 aliphatic heterocycles. The number of amides is 1. The number of hydrogen-bond donors (Lipinski definition) is 1. The molecule has 8 heteroatoms. The van der Waals surface area contributed by atoms with Crippen molar-refractivity contribution < 1.29 is 27.4 Å². The van der Waals surface area contributed by atoms with E-state index in [4.69, 9.17) is 9.39 Å². The molecule has 1 amide bonds. The Morgan fingerprint density at radius 2 is 2.12 bits per heavy atom. The van der Waals surface area contributed by atoms with E-state index in [0.29, 0.717) is 5.06 Å². The van der Waals surface area contributed by atoms with Crippen LogP contribution in [0.2, 0.25) is 0 Å². The third kappa shape index (κ3) is 2.83. The Kier molecular flexibility index (Phi) is 3.58. The summed E-state index contributed by atoms with van der Waals surface area (Å²) in [6.45, 7) is 6.54. The SMILES string of the molecule is C=C1CC(S(=O)(=O)O)C(=O)N1OC(=O)C(C)C. The average molecular weight is 263 g/mol. The second kappa shape index (κ2) is 4.46. The summed E-state index contributed by atoms with van der Waals surface area (Å²) in [4.78, 5) is 27.5. The van der Waals surface area contributed by atoms with Crippen molar-refractivity contribution in [3.63, 3.8) is 0 Å². The molecule has 1 fully saturated rings. The first-order valence-corrected chi connectivity index (χ1v) is 6.34. The Morgan fingerprint density at radius 1 is 1.59 bits per heavy atom. The van der Waals surface area contributed by atoms with Gasteiger partial charge in [0.1, 0.15) is 0 Å². The molecule has 1 rings (SSSR count). The number of carbonyl (C=O) groups excluding carboxylic acids is 2. The van der Waals surface area contributed by atoms with Crippen molar-refractivity contribution >= 4 is 22.0 Å². The van der Waals surface area contributed by atoms with E-state index in [1.165, 1.54) is 0 Å². The second-order valence-electron chi connectivity index (χ2n) is 3.97. The summed E-state index contributed by atoms with van der Waals surface area (Å²) in [7, 11) is -4.52. The minimum atomic E-state index is -4.52. The molecule has 1 unspecified atom stereocenters. The van der Waals surface area contributed by atoms with Gasteiger partial charge in [0.15, 0.2) is 5.25 Å². The number of hydroxylamine groups is 2. The molecule has 96 valence electrons. The summed E-state index contributed by atoms with van der Waals surface area (Å²) in [6, 6.07) is 0. The Labute approximate surface area is 98.7 Å². The first-order valence-electron chi connectivity index (χ1n) is 4.84. The van der Waals surface area contributed by atoms with Gasteiger partial charge in [-0.15, -0.1) is 5.06 Å². The summed E-state index contributed by atoms with van der Waals surface area (Å²) in [5, 5.41) is -1.12. The molecule has 1 N–H and O–H groups in total. The molecule has 1 heterocycles. The van der Waals surface area contributed by atoms with E-state index < -0.39 is 33.2 Å². The zero-order valence-electron chi connectivity index (χ0n) is 9.41. The van der Waals surface area contributed by atoms with Gasteiger partial charge in [0.05, 0.1) is 11.6 Å². The second-order valence-corrected chi connectivity index (χ2v) is 5.57. The highest BCUT2D eigenvalue weighted by molar-refractivity contribution is 7.87. The fraction of sp³-hybridized carbons (Fsp3) is 0.556. The van der Waals surface area contributed by atoms with E-state index in [9.17, 15) is 18.0 Å². The summed E-state index contributed by atoms with van der Waals surface area (Å²) in [5.41, 5.74) is 0.0200. The van der Waals surface area contributed by atoms with Crippen LogP contribution >= 0.6 is 0 Å². The highest BCUT2D eigenvalue weighted by Gasteiger charge is 2.45. The van der Waals surface area contributed by atoms with Crippen LogP contribution in [-0.2, 0) is 24.5 Å². The molecule has 0 aliphatic carbocycles. The fourth-order valence-electron chi connectivity index (χ4n) is 1.21. The van der Waals surface area contributed by atoms with Crippen LogP contribution < -0.4 is 0 Å². The lowest BCUT2D eigenvalue weighted by atomic mass is 10.2. The normalized spacial score (nSPS) is 21.2. The van der Waals surface area contributed by atoms with Crippen LogP contribution in [0.15, 0.2) is 12.3 Å². The van der Waals surface area contributed by atoms with E-state index in [2.05, 4.69) is 6.58 Å². The molecule has 0 aromatic carbocycles. The van der Waals surface area contributed by atoms with Crippen molar-refractivity contribution in [1.82, 2.24) is 5.06 Å². The highest BCUT2D eigenvalue weighted by Crippen LogP contribution is 2.26. The van der Waals surface area contributed by atoms with E-state index in [-0.39, 0.29) is 12.1 Å². The van der Waals surface area contributed by atoms with Crippen LogP contribution in [0.3, 0.4) is 0 Å². The van der Waals surface area contributed by atoms with E-state index in [1.807, 2.05) is 0 Å². The van der Waals surface area contributed by atoms with Crippen molar-refractivity contribution in [1.29, 1.82) is 0 Å². The van der Waals surface area contributed by atoms with E-state index >= 15 is 0 Å². The topological polar surface area (TPSA) is 101 Å². The van der Waals surface area contributed by atoms with Gasteiger partial charge in [-0.1, -0.05) is 20.4 Å². The van der Waals surface area contributed by atoms with Crippen molar-refractivity contribution in [3.05, 3.63) is 12.3 Å². The number of nitrogens with zero attached hydrogens (tertiary/aromatic N) is 1. The maximum absolute atomic E-state index is 11.6. The average Bonchev–Trinajstić information content (AvgIpc) is 2.44. The molecule has 7 nitrogen and oxygen atoms in total. The summed E-state index contributed by atoms with van der Waals surface area (Å²) >= 11 is 0. The van der Waals surface area contributed by atoms with Crippen LogP contribution in [0.25, 0.3) is 0 Å². The standard InChI is InChI=1S/C9H13NO6S/c1-5(2)9(12)16-10-6(3)4-7(8(10)11)17(13,14)15/h5,7H,3-4H2,1-2H3,(H,13,14,15). The monoisotopic (exact) mass is 263 g/mol. The van der Waals surface area contributed by atoms with Crippen LogP contribution in [0.4, 0.5) is 0 Å². The zero-order valence-corrected chi connectivity index (χ0v) is 10.2. The van der Waals surface area contributed by atoms with Gasteiger partial charge >= 0.3 is 5.97 Å². The number of allylic oxidation sites excluding steroid dienone is 1. The van der Waals surface area contributed by atoms with Crippen LogP contribution in [0.1, 0.15) is 20.3 Å². The van der Waals surface area contributed by atoms with E-state index in [1.54, 1.807) is 13.8 Å². The molecule has 1 saturated heterocycles. The molecular formula is C9H13NO6S. The molecule has 0 bridgehead atoms. The Morgan fingerprint density at radius 3 is 2.47 bits per heavy atom. The Balaban J connectivity index is 2.87. The third-order valence-electron chi connectivity index (χ3n) is 2.20. The van der Waals surface area contributed by atoms with Gasteiger partial charge in [-0.25, -0.2) is 4.79 Å². The maximum Gasteiger partial charge on any atom is 0.335 e. The van der Waals surface area contributed by atoms with Crippen LogP contribution in [0, 0.1) is 5.92 Å². The van der Waals surface area contributed by atoms with Gasteiger partial charge in [-0.2, -0.15) is 8.42 Å². The Hall–Kier alpha value is -1.41. The van der Waals surface area contributed by atoms with Gasteiger partial charge in [-0.3, -0.25) is 9.35 Å². The van der Waals surface area contributed by atoms with Crippen LogP contribution in [0.5, 0.6) is 0 Å². The predicted molar refractivity (Wildman–Crippen MR) is 56.9 cm³/mol. The summed E-state index contributed by atoms with van der Waals surface area (Å²) in [5.74, 6) is -2.16. The first-order chi connectivity index (χ1) is 7.64. The third-order valence-corrected chi connectivity index (χ3v) is 3.28. The van der Waals surface area contributed by atoms with Gasteiger partial charge in [0.2, 0.25) is 0 Å². The first kappa shape index (κ1) is 13.7. The predicted octanol–water partition coefficient (Wildman–Crippen LogP) is 0.103. The summed E-state index contributed by atoms with van der Waals surface area (Å²) in [6.07, 6.45) is -0.289. The molecule has 0 aromatic heterocycles. The van der Waals surface area contributed by atoms with Crippen molar-refractivity contribution in [2.75, 3.05) is 0 Å². The van der Waals surface area contributed by atoms with Crippen molar-refractivity contribution in [2.24, 2.45) is 5.92 Å². The number of carbonyl (C=O) groups is 2. The lowest BCUT2D eigenvalue weighted by Gasteiger charge is -2.17. The highest BCUT2D eigenvalue weighted by atomic mass is 32.2. The minimum Gasteiger partial charge on any atom is -0.333 e. The molecular weight excluding hydrogens is 250 g/mol. The Bertz CT molecular complexity index is 466. The quantitative estimate of drug-likeness (QED) is 0.725. The molecule has 1 atom stereocenters. The lowest BCUT2D eigenvalue weighted by Crippen LogP contribution is -2.35.